The van der Waals surface area contributed by atoms with Crippen LogP contribution >= 0.6 is 0 Å². The minimum absolute atomic E-state index is 0.699. The highest BCUT2D eigenvalue weighted by Crippen LogP contribution is 2.30. The van der Waals surface area contributed by atoms with E-state index in [2.05, 4.69) is 10.4 Å². The topological polar surface area (TPSA) is 48.3 Å². The first-order valence-electron chi connectivity index (χ1n) is 7.39. The van der Waals surface area contributed by atoms with Crippen LogP contribution in [-0.2, 0) is 6.54 Å². The molecule has 112 valence electrons. The van der Waals surface area contributed by atoms with Gasteiger partial charge in [0, 0.05) is 6.54 Å². The van der Waals surface area contributed by atoms with Crippen LogP contribution in [0.2, 0.25) is 0 Å². The molecule has 5 nitrogen and oxygen atoms in total. The molecule has 1 aromatic carbocycles. The molecule has 2 heterocycles. The Hall–Kier alpha value is -2.01. The van der Waals surface area contributed by atoms with Crippen LogP contribution in [0.3, 0.4) is 0 Å². The van der Waals surface area contributed by atoms with E-state index < -0.39 is 0 Å². The highest BCUT2D eigenvalue weighted by Gasteiger charge is 2.14. The Bertz CT molecular complexity index is 576. The van der Waals surface area contributed by atoms with Gasteiger partial charge in [0.2, 0.25) is 0 Å². The maximum Gasteiger partial charge on any atom is 0.169 e. The zero-order valence-corrected chi connectivity index (χ0v) is 12.3. The summed E-state index contributed by atoms with van der Waals surface area (Å²) in [7, 11) is 1.64. The van der Waals surface area contributed by atoms with E-state index in [4.69, 9.17) is 9.47 Å². The van der Waals surface area contributed by atoms with Crippen LogP contribution in [-0.4, -0.2) is 30.0 Å². The van der Waals surface area contributed by atoms with E-state index in [0.29, 0.717) is 11.7 Å². The van der Waals surface area contributed by atoms with Gasteiger partial charge in [-0.15, -0.1) is 0 Å². The molecule has 5 heteroatoms. The molecule has 1 aromatic heterocycles. The molecule has 0 amide bonds. The van der Waals surface area contributed by atoms with Crippen molar-refractivity contribution in [2.24, 2.45) is 5.92 Å². The zero-order chi connectivity index (χ0) is 14.5. The molecule has 1 aliphatic heterocycles. The number of piperidine rings is 1. The Labute approximate surface area is 124 Å². The summed E-state index contributed by atoms with van der Waals surface area (Å²) in [6.07, 6.45) is 6.13. The van der Waals surface area contributed by atoms with Crippen LogP contribution in [0.4, 0.5) is 0 Å². The average Bonchev–Trinajstić information content (AvgIpc) is 2.96. The van der Waals surface area contributed by atoms with E-state index in [0.717, 1.165) is 31.1 Å². The standard InChI is InChI=1S/C16H21N3O2/c1-20-15-4-2-3-5-16(15)21-14-10-18-19(12-14)11-13-6-8-17-9-7-13/h2-5,10,12-13,17H,6-9,11H2,1H3. The van der Waals surface area contributed by atoms with Crippen molar-refractivity contribution in [3.05, 3.63) is 36.7 Å². The molecule has 21 heavy (non-hydrogen) atoms. The van der Waals surface area contributed by atoms with Gasteiger partial charge in [-0.3, -0.25) is 4.68 Å². The number of rotatable bonds is 5. The summed E-state index contributed by atoms with van der Waals surface area (Å²) in [4.78, 5) is 0. The summed E-state index contributed by atoms with van der Waals surface area (Å²) in [6.45, 7) is 3.17. The van der Waals surface area contributed by atoms with E-state index in [-0.39, 0.29) is 0 Å². The van der Waals surface area contributed by atoms with Crippen molar-refractivity contribution in [3.63, 3.8) is 0 Å². The fraction of sp³-hybridized carbons (Fsp3) is 0.438. The van der Waals surface area contributed by atoms with Crippen LogP contribution < -0.4 is 14.8 Å². The number of aromatic nitrogens is 2. The van der Waals surface area contributed by atoms with Crippen LogP contribution in [0.5, 0.6) is 17.2 Å². The van der Waals surface area contributed by atoms with Crippen molar-refractivity contribution in [2.45, 2.75) is 19.4 Å². The SMILES string of the molecule is COc1ccccc1Oc1cnn(CC2CCNCC2)c1. The molecular formula is C16H21N3O2. The predicted octanol–water partition coefficient (Wildman–Crippen LogP) is 2.68. The van der Waals surface area contributed by atoms with Gasteiger partial charge in [0.25, 0.3) is 0 Å². The maximum atomic E-state index is 5.85. The molecule has 0 aliphatic carbocycles. The number of hydrogen-bond donors (Lipinski definition) is 1. The fourth-order valence-corrected chi connectivity index (χ4v) is 2.66. The largest absolute Gasteiger partial charge is 0.493 e. The molecule has 0 unspecified atom stereocenters. The normalized spacial score (nSPS) is 15.9. The molecule has 2 aromatic rings. The quantitative estimate of drug-likeness (QED) is 0.918. The smallest absolute Gasteiger partial charge is 0.169 e. The lowest BCUT2D eigenvalue weighted by molar-refractivity contribution is 0.320. The number of ether oxygens (including phenoxy) is 2. The highest BCUT2D eigenvalue weighted by molar-refractivity contribution is 5.41. The third kappa shape index (κ3) is 3.55. The summed E-state index contributed by atoms with van der Waals surface area (Å²) in [5, 5.41) is 7.78. The first kappa shape index (κ1) is 13.9. The van der Waals surface area contributed by atoms with E-state index in [1.165, 1.54) is 12.8 Å². The molecule has 1 N–H and O–H groups in total. The Balaban J connectivity index is 1.64. The monoisotopic (exact) mass is 287 g/mol. The molecule has 3 rings (SSSR count). The molecule has 1 fully saturated rings. The fourth-order valence-electron chi connectivity index (χ4n) is 2.66. The minimum atomic E-state index is 0.699. The molecule has 0 spiro atoms. The highest BCUT2D eigenvalue weighted by atomic mass is 16.5. The third-order valence-electron chi connectivity index (χ3n) is 3.81. The Morgan fingerprint density at radius 3 is 2.76 bits per heavy atom. The van der Waals surface area contributed by atoms with E-state index in [9.17, 15) is 0 Å². The van der Waals surface area contributed by atoms with Crippen molar-refractivity contribution < 1.29 is 9.47 Å². The van der Waals surface area contributed by atoms with Crippen LogP contribution in [0.25, 0.3) is 0 Å². The van der Waals surface area contributed by atoms with Gasteiger partial charge in [-0.1, -0.05) is 12.1 Å². The van der Waals surface area contributed by atoms with Crippen LogP contribution in [0.1, 0.15) is 12.8 Å². The second-order valence-electron chi connectivity index (χ2n) is 5.34. The lowest BCUT2D eigenvalue weighted by Gasteiger charge is -2.22. The van der Waals surface area contributed by atoms with Crippen molar-refractivity contribution in [2.75, 3.05) is 20.2 Å². The average molecular weight is 287 g/mol. The van der Waals surface area contributed by atoms with Gasteiger partial charge in [-0.05, 0) is 44.0 Å². The van der Waals surface area contributed by atoms with Gasteiger partial charge in [-0.25, -0.2) is 0 Å². The summed E-state index contributed by atoms with van der Waals surface area (Å²) in [6, 6.07) is 7.63. The molecule has 1 saturated heterocycles. The van der Waals surface area contributed by atoms with Gasteiger partial charge in [-0.2, -0.15) is 5.10 Å². The second-order valence-corrected chi connectivity index (χ2v) is 5.34. The van der Waals surface area contributed by atoms with E-state index >= 15 is 0 Å². The number of benzene rings is 1. The second kappa shape index (κ2) is 6.63. The molecule has 1 aliphatic rings. The Morgan fingerprint density at radius 2 is 2.00 bits per heavy atom. The van der Waals surface area contributed by atoms with Crippen LogP contribution in [0, 0.1) is 5.92 Å². The molecule has 0 bridgehead atoms. The summed E-state index contributed by atoms with van der Waals surface area (Å²) < 4.78 is 13.1. The Kier molecular flexibility index (Phi) is 4.40. The van der Waals surface area contributed by atoms with E-state index in [1.807, 2.05) is 35.1 Å². The lowest BCUT2D eigenvalue weighted by Crippen LogP contribution is -2.29. The van der Waals surface area contributed by atoms with Crippen molar-refractivity contribution >= 4 is 0 Å². The number of nitrogens with one attached hydrogen (secondary N) is 1. The molecule has 0 atom stereocenters. The van der Waals surface area contributed by atoms with Crippen molar-refractivity contribution in [1.29, 1.82) is 0 Å². The minimum Gasteiger partial charge on any atom is -0.493 e. The number of hydrogen-bond acceptors (Lipinski definition) is 4. The number of methoxy groups -OCH3 is 1. The first-order valence-corrected chi connectivity index (χ1v) is 7.39. The van der Waals surface area contributed by atoms with Gasteiger partial charge >= 0.3 is 0 Å². The number of para-hydroxylation sites is 2. The van der Waals surface area contributed by atoms with Crippen molar-refractivity contribution in [3.8, 4) is 17.2 Å². The molecule has 0 radical (unpaired) electrons. The first-order chi connectivity index (χ1) is 10.3. The van der Waals surface area contributed by atoms with Gasteiger partial charge in [0.1, 0.15) is 0 Å². The van der Waals surface area contributed by atoms with Gasteiger partial charge in [0.15, 0.2) is 17.2 Å². The summed E-state index contributed by atoms with van der Waals surface area (Å²) in [5.41, 5.74) is 0. The Morgan fingerprint density at radius 1 is 1.24 bits per heavy atom. The predicted molar refractivity (Wildman–Crippen MR) is 80.9 cm³/mol. The third-order valence-corrected chi connectivity index (χ3v) is 3.81. The van der Waals surface area contributed by atoms with Crippen molar-refractivity contribution in [1.82, 2.24) is 15.1 Å². The van der Waals surface area contributed by atoms with Gasteiger partial charge < -0.3 is 14.8 Å². The lowest BCUT2D eigenvalue weighted by atomic mass is 9.98. The molecule has 0 saturated carbocycles. The zero-order valence-electron chi connectivity index (χ0n) is 12.3. The van der Waals surface area contributed by atoms with Crippen LogP contribution in [0.15, 0.2) is 36.7 Å². The summed E-state index contributed by atoms with van der Waals surface area (Å²) >= 11 is 0. The summed E-state index contributed by atoms with van der Waals surface area (Å²) in [5.74, 6) is 2.88. The molecular weight excluding hydrogens is 266 g/mol. The van der Waals surface area contributed by atoms with Gasteiger partial charge in [0.05, 0.1) is 19.5 Å². The number of nitrogens with zero attached hydrogens (tertiary/aromatic N) is 2. The van der Waals surface area contributed by atoms with E-state index in [1.54, 1.807) is 13.3 Å². The maximum absolute atomic E-state index is 5.85.